The van der Waals surface area contributed by atoms with Gasteiger partial charge in [-0.2, -0.15) is 9.57 Å². The van der Waals surface area contributed by atoms with Gasteiger partial charge in [0.15, 0.2) is 0 Å². The van der Waals surface area contributed by atoms with E-state index in [-0.39, 0.29) is 42.8 Å². The van der Waals surface area contributed by atoms with Gasteiger partial charge in [0, 0.05) is 39.1 Å². The van der Waals surface area contributed by atoms with E-state index in [9.17, 15) is 18.0 Å². The lowest BCUT2D eigenvalue weighted by Gasteiger charge is -2.34. The SMILES string of the molecule is C=CC(=O)NCCC(=O)N1CCN(S(=O)(=O)c2ccc(C#N)cc2)CC1. The molecular formula is C17H20N4O4S. The largest absolute Gasteiger partial charge is 0.352 e. The molecule has 0 unspecified atom stereocenters. The second-order valence-corrected chi connectivity index (χ2v) is 7.60. The molecule has 1 N–H and O–H groups in total. The summed E-state index contributed by atoms with van der Waals surface area (Å²) in [6.07, 6.45) is 1.29. The van der Waals surface area contributed by atoms with Crippen molar-refractivity contribution in [2.45, 2.75) is 11.3 Å². The molecule has 9 heteroatoms. The maximum Gasteiger partial charge on any atom is 0.243 e. The van der Waals surface area contributed by atoms with Crippen molar-refractivity contribution in [3.05, 3.63) is 42.5 Å². The lowest BCUT2D eigenvalue weighted by molar-refractivity contribution is -0.132. The molecule has 1 aliphatic rings. The molecule has 0 saturated carbocycles. The fraction of sp³-hybridized carbons (Fsp3) is 0.353. The number of carbonyl (C=O) groups is 2. The first-order valence-electron chi connectivity index (χ1n) is 8.07. The molecule has 0 radical (unpaired) electrons. The Hall–Kier alpha value is -2.70. The molecule has 1 fully saturated rings. The molecule has 1 aliphatic heterocycles. The van der Waals surface area contributed by atoms with Crippen LogP contribution in [0.3, 0.4) is 0 Å². The van der Waals surface area contributed by atoms with Crippen LogP contribution in [0.15, 0.2) is 41.8 Å². The fourth-order valence-electron chi connectivity index (χ4n) is 2.55. The van der Waals surface area contributed by atoms with Gasteiger partial charge in [0.2, 0.25) is 21.8 Å². The Morgan fingerprint density at radius 1 is 1.19 bits per heavy atom. The molecule has 0 bridgehead atoms. The van der Waals surface area contributed by atoms with Gasteiger partial charge in [0.05, 0.1) is 16.5 Å². The lowest BCUT2D eigenvalue weighted by atomic mass is 10.2. The highest BCUT2D eigenvalue weighted by molar-refractivity contribution is 7.89. The van der Waals surface area contributed by atoms with Gasteiger partial charge in [-0.25, -0.2) is 8.42 Å². The number of nitrogens with zero attached hydrogens (tertiary/aromatic N) is 3. The van der Waals surface area contributed by atoms with Gasteiger partial charge in [0.1, 0.15) is 0 Å². The maximum atomic E-state index is 12.6. The number of nitriles is 1. The van der Waals surface area contributed by atoms with Crippen molar-refractivity contribution in [3.63, 3.8) is 0 Å². The van der Waals surface area contributed by atoms with E-state index in [1.54, 1.807) is 4.90 Å². The summed E-state index contributed by atoms with van der Waals surface area (Å²) in [7, 11) is -3.65. The number of rotatable bonds is 6. The summed E-state index contributed by atoms with van der Waals surface area (Å²) in [4.78, 5) is 24.9. The van der Waals surface area contributed by atoms with Crippen LogP contribution in [0.5, 0.6) is 0 Å². The topological polar surface area (TPSA) is 111 Å². The third-order valence-electron chi connectivity index (χ3n) is 4.04. The third-order valence-corrected chi connectivity index (χ3v) is 5.95. The van der Waals surface area contributed by atoms with Gasteiger partial charge in [-0.1, -0.05) is 6.58 Å². The zero-order valence-electron chi connectivity index (χ0n) is 14.2. The van der Waals surface area contributed by atoms with Crippen molar-refractivity contribution in [1.82, 2.24) is 14.5 Å². The summed E-state index contributed by atoms with van der Waals surface area (Å²) >= 11 is 0. The first-order chi connectivity index (χ1) is 12.4. The number of amides is 2. The number of piperazine rings is 1. The van der Waals surface area contributed by atoms with E-state index in [4.69, 9.17) is 5.26 Å². The van der Waals surface area contributed by atoms with Crippen LogP contribution in [-0.4, -0.2) is 62.2 Å². The van der Waals surface area contributed by atoms with Crippen LogP contribution in [0.1, 0.15) is 12.0 Å². The van der Waals surface area contributed by atoms with Crippen LogP contribution in [0.2, 0.25) is 0 Å². The minimum Gasteiger partial charge on any atom is -0.352 e. The summed E-state index contributed by atoms with van der Waals surface area (Å²) in [5.41, 5.74) is 0.392. The fourth-order valence-corrected chi connectivity index (χ4v) is 3.97. The van der Waals surface area contributed by atoms with Gasteiger partial charge in [-0.15, -0.1) is 0 Å². The highest BCUT2D eigenvalue weighted by Gasteiger charge is 2.29. The summed E-state index contributed by atoms with van der Waals surface area (Å²) in [5.74, 6) is -0.471. The predicted octanol–water partition coefficient (Wildman–Crippen LogP) is 0.0835. The Morgan fingerprint density at radius 3 is 2.35 bits per heavy atom. The summed E-state index contributed by atoms with van der Waals surface area (Å²) in [6, 6.07) is 7.69. The first kappa shape index (κ1) is 19.6. The number of hydrogen-bond acceptors (Lipinski definition) is 5. The average molecular weight is 376 g/mol. The van der Waals surface area contributed by atoms with Crippen molar-refractivity contribution in [1.29, 1.82) is 5.26 Å². The van der Waals surface area contributed by atoms with Crippen LogP contribution >= 0.6 is 0 Å². The van der Waals surface area contributed by atoms with Gasteiger partial charge < -0.3 is 10.2 Å². The Kier molecular flexibility index (Phi) is 6.49. The van der Waals surface area contributed by atoms with Crippen LogP contribution in [0.4, 0.5) is 0 Å². The highest BCUT2D eigenvalue weighted by Crippen LogP contribution is 2.18. The molecule has 0 spiro atoms. The molecule has 0 aliphatic carbocycles. The van der Waals surface area contributed by atoms with Gasteiger partial charge >= 0.3 is 0 Å². The number of carbonyl (C=O) groups excluding carboxylic acids is 2. The zero-order valence-corrected chi connectivity index (χ0v) is 15.0. The monoisotopic (exact) mass is 376 g/mol. The van der Waals surface area contributed by atoms with E-state index in [0.717, 1.165) is 6.08 Å². The second kappa shape index (κ2) is 8.60. The molecule has 26 heavy (non-hydrogen) atoms. The number of benzene rings is 1. The molecule has 1 saturated heterocycles. The molecular weight excluding hydrogens is 356 g/mol. The summed E-state index contributed by atoms with van der Waals surface area (Å²) < 4.78 is 26.6. The maximum absolute atomic E-state index is 12.6. The minimum absolute atomic E-state index is 0.128. The normalized spacial score (nSPS) is 15.1. The van der Waals surface area contributed by atoms with E-state index in [0.29, 0.717) is 18.7 Å². The highest BCUT2D eigenvalue weighted by atomic mass is 32.2. The molecule has 1 heterocycles. The van der Waals surface area contributed by atoms with Crippen molar-refractivity contribution < 1.29 is 18.0 Å². The molecule has 138 valence electrons. The van der Waals surface area contributed by atoms with Crippen molar-refractivity contribution in [2.24, 2.45) is 0 Å². The van der Waals surface area contributed by atoms with Crippen LogP contribution in [0, 0.1) is 11.3 Å². The Balaban J connectivity index is 1.90. The van der Waals surface area contributed by atoms with E-state index in [1.165, 1.54) is 28.6 Å². The first-order valence-corrected chi connectivity index (χ1v) is 9.51. The molecule has 8 nitrogen and oxygen atoms in total. The van der Waals surface area contributed by atoms with E-state index >= 15 is 0 Å². The van der Waals surface area contributed by atoms with Crippen molar-refractivity contribution in [2.75, 3.05) is 32.7 Å². The summed E-state index contributed by atoms with van der Waals surface area (Å²) in [6.45, 7) is 4.54. The van der Waals surface area contributed by atoms with E-state index in [2.05, 4.69) is 11.9 Å². The van der Waals surface area contributed by atoms with Crippen LogP contribution in [-0.2, 0) is 19.6 Å². The molecule has 0 atom stereocenters. The molecule has 2 amide bonds. The Bertz CT molecular complexity index is 819. The molecule has 0 aromatic heterocycles. The smallest absolute Gasteiger partial charge is 0.243 e. The standard InChI is InChI=1S/C17H20N4O4S/c1-2-16(22)19-8-7-17(23)20-9-11-21(12-10-20)26(24,25)15-5-3-14(13-18)4-6-15/h2-6H,1,7-12H2,(H,19,22). The van der Waals surface area contributed by atoms with Crippen molar-refractivity contribution >= 4 is 21.8 Å². The third kappa shape index (κ3) is 4.68. The van der Waals surface area contributed by atoms with Crippen molar-refractivity contribution in [3.8, 4) is 6.07 Å². The predicted molar refractivity (Wildman–Crippen MR) is 94.3 cm³/mol. The molecule has 1 aromatic carbocycles. The number of sulfonamides is 1. The minimum atomic E-state index is -3.65. The number of nitrogens with one attached hydrogen (secondary N) is 1. The van der Waals surface area contributed by atoms with Gasteiger partial charge in [-0.05, 0) is 30.3 Å². The second-order valence-electron chi connectivity index (χ2n) is 5.67. The van der Waals surface area contributed by atoms with Gasteiger partial charge in [0.25, 0.3) is 0 Å². The van der Waals surface area contributed by atoms with Crippen LogP contribution in [0.25, 0.3) is 0 Å². The van der Waals surface area contributed by atoms with E-state index in [1.807, 2.05) is 6.07 Å². The molecule has 1 aromatic rings. The Labute approximate surface area is 152 Å². The summed E-state index contributed by atoms with van der Waals surface area (Å²) in [5, 5.41) is 11.3. The average Bonchev–Trinajstić information content (AvgIpc) is 2.67. The van der Waals surface area contributed by atoms with Crippen LogP contribution < -0.4 is 5.32 Å². The lowest BCUT2D eigenvalue weighted by Crippen LogP contribution is -2.50. The Morgan fingerprint density at radius 2 is 1.81 bits per heavy atom. The number of hydrogen-bond donors (Lipinski definition) is 1. The van der Waals surface area contributed by atoms with Gasteiger partial charge in [-0.3, -0.25) is 9.59 Å². The van der Waals surface area contributed by atoms with E-state index < -0.39 is 10.0 Å². The molecule has 2 rings (SSSR count). The quantitative estimate of drug-likeness (QED) is 0.707. The zero-order chi connectivity index (χ0) is 19.2.